The third-order valence-electron chi connectivity index (χ3n) is 7.60. The summed E-state index contributed by atoms with van der Waals surface area (Å²) in [4.78, 5) is 27.5. The average Bonchev–Trinajstić information content (AvgIpc) is 2.90. The molecule has 1 fully saturated rings. The van der Waals surface area contributed by atoms with E-state index in [-0.39, 0.29) is 6.04 Å². The number of hydrogen-bond acceptors (Lipinski definition) is 8. The van der Waals surface area contributed by atoms with E-state index in [1.807, 2.05) is 13.8 Å². The predicted octanol–water partition coefficient (Wildman–Crippen LogP) is 7.54. The van der Waals surface area contributed by atoms with Crippen LogP contribution in [-0.2, 0) is 0 Å². The van der Waals surface area contributed by atoms with Crippen LogP contribution in [0.4, 0.5) is 4.79 Å². The number of hydrogen-bond donors (Lipinski definition) is 0. The number of carbonyl (C=O) groups excluding carboxylic acids is 1. The first-order valence-electron chi connectivity index (χ1n) is 14.4. The number of ether oxygens (including phenoxy) is 2. The zero-order valence-electron chi connectivity index (χ0n) is 26.1. The van der Waals surface area contributed by atoms with E-state index >= 15 is 0 Å². The number of aryl methyl sites for hydroxylation is 1. The van der Waals surface area contributed by atoms with E-state index in [0.29, 0.717) is 58.4 Å². The molecule has 0 N–H and O–H groups in total. The third kappa shape index (κ3) is 6.89. The molecule has 1 atom stereocenters. The molecule has 1 amide bonds. The van der Waals surface area contributed by atoms with Crippen molar-refractivity contribution in [3.63, 3.8) is 0 Å². The van der Waals surface area contributed by atoms with Gasteiger partial charge in [-0.3, -0.25) is 0 Å². The number of nitrogens with zero attached hydrogens (tertiary/aromatic N) is 4. The molecule has 1 saturated heterocycles. The molecule has 41 heavy (non-hydrogen) atoms. The number of amides is 1. The summed E-state index contributed by atoms with van der Waals surface area (Å²) in [6, 6.07) is 8.17. The van der Waals surface area contributed by atoms with Gasteiger partial charge >= 0.3 is 6.09 Å². The molecular weight excluding hydrogens is 536 g/mol. The number of rotatable bonds is 8. The van der Waals surface area contributed by atoms with Gasteiger partial charge in [0, 0.05) is 31.7 Å². The molecule has 222 valence electrons. The maximum absolute atomic E-state index is 13.2. The standard InChI is InChI=1S/C32H44N4O4S/c1-18(2)23-13-24(19(3)4)30(25(14-23)20(5)6)41-40-31-26-15-29(28(38-10)16-27(26)33-22(8)34-31)39-32(37)36-12-11-35(9)17-21(36)7/h13-16,18-21H,11-12,17H2,1-10H3. The van der Waals surface area contributed by atoms with Gasteiger partial charge in [0.05, 0.1) is 35.0 Å². The first-order chi connectivity index (χ1) is 19.4. The Balaban J connectivity index is 1.71. The van der Waals surface area contributed by atoms with E-state index < -0.39 is 6.09 Å². The van der Waals surface area contributed by atoms with Crippen molar-refractivity contribution in [2.75, 3.05) is 33.8 Å². The second-order valence-corrected chi connectivity index (χ2v) is 12.7. The zero-order chi connectivity index (χ0) is 30.0. The van der Waals surface area contributed by atoms with Crippen molar-refractivity contribution in [1.29, 1.82) is 0 Å². The minimum absolute atomic E-state index is 0.0429. The van der Waals surface area contributed by atoms with Gasteiger partial charge in [-0.15, -0.1) is 0 Å². The number of methoxy groups -OCH3 is 1. The normalized spacial score (nSPS) is 16.2. The van der Waals surface area contributed by atoms with Crippen LogP contribution >= 0.6 is 12.0 Å². The third-order valence-corrected chi connectivity index (χ3v) is 8.48. The maximum Gasteiger partial charge on any atom is 0.415 e. The molecule has 4 rings (SSSR count). The second-order valence-electron chi connectivity index (χ2n) is 11.9. The van der Waals surface area contributed by atoms with Crippen LogP contribution in [0, 0.1) is 6.92 Å². The van der Waals surface area contributed by atoms with Crippen molar-refractivity contribution in [3.05, 3.63) is 46.8 Å². The Morgan fingerprint density at radius 2 is 1.61 bits per heavy atom. The molecule has 0 bridgehead atoms. The molecule has 2 heterocycles. The Morgan fingerprint density at radius 3 is 2.17 bits per heavy atom. The van der Waals surface area contributed by atoms with Crippen molar-refractivity contribution >= 4 is 29.0 Å². The van der Waals surface area contributed by atoms with Crippen LogP contribution in [0.1, 0.15) is 88.7 Å². The minimum atomic E-state index is -0.401. The highest BCUT2D eigenvalue weighted by atomic mass is 32.2. The van der Waals surface area contributed by atoms with Crippen molar-refractivity contribution in [2.24, 2.45) is 0 Å². The lowest BCUT2D eigenvalue weighted by atomic mass is 9.89. The van der Waals surface area contributed by atoms with Gasteiger partial charge < -0.3 is 23.5 Å². The summed E-state index contributed by atoms with van der Waals surface area (Å²) in [7, 11) is 3.61. The van der Waals surface area contributed by atoms with Gasteiger partial charge in [-0.1, -0.05) is 53.7 Å². The lowest BCUT2D eigenvalue weighted by molar-refractivity contribution is 0.0886. The molecule has 1 aliphatic rings. The van der Waals surface area contributed by atoms with Crippen molar-refractivity contribution in [1.82, 2.24) is 19.8 Å². The summed E-state index contributed by atoms with van der Waals surface area (Å²) >= 11 is 1.34. The fourth-order valence-corrected chi connectivity index (χ4v) is 6.22. The molecule has 3 aromatic rings. The molecule has 2 aromatic carbocycles. The molecule has 8 nitrogen and oxygen atoms in total. The number of benzene rings is 2. The van der Waals surface area contributed by atoms with E-state index in [4.69, 9.17) is 13.7 Å². The van der Waals surface area contributed by atoms with Gasteiger partial charge in [-0.25, -0.2) is 9.78 Å². The molecule has 0 radical (unpaired) electrons. The van der Waals surface area contributed by atoms with Crippen LogP contribution in [0.2, 0.25) is 0 Å². The highest BCUT2D eigenvalue weighted by Crippen LogP contribution is 2.41. The van der Waals surface area contributed by atoms with Crippen molar-refractivity contribution in [3.8, 4) is 17.4 Å². The molecule has 9 heteroatoms. The summed E-state index contributed by atoms with van der Waals surface area (Å²) < 4.78 is 17.9. The largest absolute Gasteiger partial charge is 0.493 e. The Kier molecular flexibility index (Phi) is 9.70. The Morgan fingerprint density at radius 1 is 0.951 bits per heavy atom. The van der Waals surface area contributed by atoms with Gasteiger partial charge in [0.2, 0.25) is 5.88 Å². The highest BCUT2D eigenvalue weighted by molar-refractivity contribution is 7.95. The van der Waals surface area contributed by atoms with Gasteiger partial charge in [0.25, 0.3) is 0 Å². The summed E-state index contributed by atoms with van der Waals surface area (Å²) in [5, 5.41) is 0.647. The van der Waals surface area contributed by atoms with E-state index in [2.05, 4.69) is 75.6 Å². The number of aromatic nitrogens is 2. The Hall–Kier alpha value is -3.04. The summed E-state index contributed by atoms with van der Waals surface area (Å²) in [5.41, 5.74) is 4.51. The average molecular weight is 581 g/mol. The molecule has 1 unspecified atom stereocenters. The first-order valence-corrected chi connectivity index (χ1v) is 15.2. The molecule has 1 aliphatic heterocycles. The van der Waals surface area contributed by atoms with E-state index in [9.17, 15) is 4.79 Å². The number of fused-ring (bicyclic) bond motifs is 1. The van der Waals surface area contributed by atoms with Gasteiger partial charge in [-0.2, -0.15) is 4.98 Å². The fraction of sp³-hybridized carbons (Fsp3) is 0.531. The number of piperazine rings is 1. The molecule has 0 saturated carbocycles. The minimum Gasteiger partial charge on any atom is -0.493 e. The second kappa shape index (κ2) is 12.9. The highest BCUT2D eigenvalue weighted by Gasteiger charge is 2.28. The number of likely N-dealkylation sites (N-methyl/N-ethyl adjacent to an activating group) is 1. The van der Waals surface area contributed by atoms with Crippen molar-refractivity contribution < 1.29 is 18.5 Å². The Labute approximate surface area is 249 Å². The lowest BCUT2D eigenvalue weighted by Crippen LogP contribution is -2.53. The predicted molar refractivity (Wildman–Crippen MR) is 166 cm³/mol. The van der Waals surface area contributed by atoms with E-state index in [1.165, 1.54) is 28.7 Å². The summed E-state index contributed by atoms with van der Waals surface area (Å²) in [6.07, 6.45) is -0.401. The lowest BCUT2D eigenvalue weighted by Gasteiger charge is -2.37. The number of carbonyl (C=O) groups is 1. The fourth-order valence-electron chi connectivity index (χ4n) is 5.15. The SMILES string of the molecule is COc1cc2nc(C)nc(OSc3c(C(C)C)cc(C(C)C)cc3C(C)C)c2cc1OC(=O)N1CCN(C)CC1C. The molecule has 0 aliphatic carbocycles. The summed E-state index contributed by atoms with van der Waals surface area (Å²) in [6.45, 7) is 19.4. The Bertz CT molecular complexity index is 1380. The topological polar surface area (TPSA) is 77.0 Å². The van der Waals surface area contributed by atoms with Gasteiger partial charge in [0.1, 0.15) is 5.82 Å². The molecular formula is C32H44N4O4S. The maximum atomic E-state index is 13.2. The molecule has 0 spiro atoms. The zero-order valence-corrected chi connectivity index (χ0v) is 26.9. The van der Waals surface area contributed by atoms with Crippen LogP contribution in [0.25, 0.3) is 10.9 Å². The van der Waals surface area contributed by atoms with Crippen LogP contribution in [0.5, 0.6) is 17.4 Å². The van der Waals surface area contributed by atoms with E-state index in [0.717, 1.165) is 18.0 Å². The van der Waals surface area contributed by atoms with Crippen LogP contribution in [-0.4, -0.2) is 65.7 Å². The molecule has 1 aromatic heterocycles. The first kappa shape index (κ1) is 30.9. The quantitative estimate of drug-likeness (QED) is 0.253. The van der Waals surface area contributed by atoms with Crippen LogP contribution < -0.4 is 13.7 Å². The van der Waals surface area contributed by atoms with Gasteiger partial charge in [0.15, 0.2) is 11.5 Å². The van der Waals surface area contributed by atoms with Gasteiger partial charge in [-0.05, 0) is 61.4 Å². The smallest absolute Gasteiger partial charge is 0.415 e. The van der Waals surface area contributed by atoms with Crippen LogP contribution in [0.15, 0.2) is 29.2 Å². The monoisotopic (exact) mass is 580 g/mol. The van der Waals surface area contributed by atoms with Crippen LogP contribution in [0.3, 0.4) is 0 Å². The van der Waals surface area contributed by atoms with Crippen molar-refractivity contribution in [2.45, 2.75) is 84.1 Å². The van der Waals surface area contributed by atoms with E-state index in [1.54, 1.807) is 24.1 Å². The summed E-state index contributed by atoms with van der Waals surface area (Å²) in [5.74, 6) is 2.82.